The molecule has 0 atom stereocenters. The summed E-state index contributed by atoms with van der Waals surface area (Å²) in [5, 5.41) is 0.604. The molecule has 0 bridgehead atoms. The smallest absolute Gasteiger partial charge is 0.185 e. The predicted octanol–water partition coefficient (Wildman–Crippen LogP) is 3.16. The summed E-state index contributed by atoms with van der Waals surface area (Å²) >= 11 is 1.41. The van der Waals surface area contributed by atoms with Crippen molar-refractivity contribution < 1.29 is 8.42 Å². The van der Waals surface area contributed by atoms with Crippen molar-refractivity contribution in [2.24, 2.45) is 0 Å². The molecule has 0 saturated heterocycles. The first-order valence-electron chi connectivity index (χ1n) is 6.39. The molecule has 3 rings (SSSR count). The first-order valence-corrected chi connectivity index (χ1v) is 8.86. The molecule has 2 N–H and O–H groups in total. The molecular weight excluding hydrogens is 304 g/mol. The number of nitrogens with two attached hydrogens (primary N) is 1. The number of nitrogen functional groups attached to an aromatic ring is 1. The van der Waals surface area contributed by atoms with Gasteiger partial charge in [-0.1, -0.05) is 12.1 Å². The monoisotopic (exact) mass is 318 g/mol. The first kappa shape index (κ1) is 14.0. The Bertz CT molecular complexity index is 881. The van der Waals surface area contributed by atoms with Crippen molar-refractivity contribution in [2.45, 2.75) is 17.6 Å². The third-order valence-electron chi connectivity index (χ3n) is 3.19. The fourth-order valence-corrected chi connectivity index (χ4v) is 5.08. The second-order valence-electron chi connectivity index (χ2n) is 4.86. The zero-order valence-electron chi connectivity index (χ0n) is 11.4. The predicted molar refractivity (Wildman–Crippen MR) is 86.1 cm³/mol. The van der Waals surface area contributed by atoms with E-state index in [1.807, 2.05) is 24.3 Å². The lowest BCUT2D eigenvalue weighted by Crippen LogP contribution is -2.07. The van der Waals surface area contributed by atoms with Gasteiger partial charge in [-0.3, -0.25) is 0 Å². The fraction of sp³-hybridized carbons (Fsp3) is 0.133. The molecule has 6 heteroatoms. The van der Waals surface area contributed by atoms with Crippen LogP contribution in [-0.4, -0.2) is 13.4 Å². The number of hydrogen-bond donors (Lipinski definition) is 1. The van der Waals surface area contributed by atoms with E-state index in [-0.39, 0.29) is 5.75 Å². The van der Waals surface area contributed by atoms with Crippen LogP contribution in [0.15, 0.2) is 47.4 Å². The van der Waals surface area contributed by atoms with Gasteiger partial charge in [-0.15, -0.1) is 11.3 Å². The lowest BCUT2D eigenvalue weighted by atomic mass is 10.2. The first-order chi connectivity index (χ1) is 9.95. The van der Waals surface area contributed by atoms with Gasteiger partial charge in [-0.2, -0.15) is 0 Å². The van der Waals surface area contributed by atoms with Crippen LogP contribution in [0.3, 0.4) is 0 Å². The van der Waals surface area contributed by atoms with Crippen molar-refractivity contribution >= 4 is 37.1 Å². The molecule has 0 amide bonds. The van der Waals surface area contributed by atoms with Gasteiger partial charge in [0, 0.05) is 5.69 Å². The van der Waals surface area contributed by atoms with Crippen LogP contribution in [0.1, 0.15) is 10.6 Å². The van der Waals surface area contributed by atoms with Crippen molar-refractivity contribution in [2.75, 3.05) is 5.73 Å². The van der Waals surface area contributed by atoms with Crippen LogP contribution in [0.25, 0.3) is 10.2 Å². The number of benzene rings is 2. The van der Waals surface area contributed by atoms with Crippen molar-refractivity contribution in [3.8, 4) is 0 Å². The number of aromatic nitrogens is 1. The number of aryl methyl sites for hydroxylation is 1. The fourth-order valence-electron chi connectivity index (χ4n) is 2.24. The third kappa shape index (κ3) is 2.77. The maximum atomic E-state index is 12.5. The topological polar surface area (TPSA) is 73.1 Å². The summed E-state index contributed by atoms with van der Waals surface area (Å²) in [7, 11) is -3.42. The van der Waals surface area contributed by atoms with Crippen LogP contribution in [0.2, 0.25) is 0 Å². The van der Waals surface area contributed by atoms with Crippen LogP contribution >= 0.6 is 11.3 Å². The molecule has 21 heavy (non-hydrogen) atoms. The normalized spacial score (nSPS) is 11.9. The highest BCUT2D eigenvalue weighted by Gasteiger charge is 2.20. The maximum Gasteiger partial charge on any atom is 0.185 e. The Morgan fingerprint density at radius 2 is 1.95 bits per heavy atom. The Hall–Kier alpha value is -1.92. The highest BCUT2D eigenvalue weighted by atomic mass is 32.2. The number of anilines is 1. The van der Waals surface area contributed by atoms with Gasteiger partial charge in [0.2, 0.25) is 0 Å². The number of sulfone groups is 1. The van der Waals surface area contributed by atoms with Crippen LogP contribution in [-0.2, 0) is 15.6 Å². The quantitative estimate of drug-likeness (QED) is 0.753. The minimum Gasteiger partial charge on any atom is -0.399 e. The van der Waals surface area contributed by atoms with E-state index in [9.17, 15) is 8.42 Å². The zero-order chi connectivity index (χ0) is 15.0. The molecule has 0 radical (unpaired) electrons. The molecular formula is C15H14N2O2S2. The molecule has 0 fully saturated rings. The molecule has 108 valence electrons. The Morgan fingerprint density at radius 3 is 2.67 bits per heavy atom. The summed E-state index contributed by atoms with van der Waals surface area (Å²) in [6.07, 6.45) is 0. The van der Waals surface area contributed by atoms with Gasteiger partial charge in [0.1, 0.15) is 10.8 Å². The second kappa shape index (κ2) is 5.13. The van der Waals surface area contributed by atoms with Gasteiger partial charge in [0.25, 0.3) is 0 Å². The maximum absolute atomic E-state index is 12.5. The largest absolute Gasteiger partial charge is 0.399 e. The van der Waals surface area contributed by atoms with E-state index >= 15 is 0 Å². The van der Waals surface area contributed by atoms with E-state index in [4.69, 9.17) is 5.73 Å². The second-order valence-corrected chi connectivity index (χ2v) is 7.93. The molecule has 0 aliphatic carbocycles. The van der Waals surface area contributed by atoms with Gasteiger partial charge >= 0.3 is 0 Å². The number of fused-ring (bicyclic) bond motifs is 1. The molecule has 0 saturated carbocycles. The highest BCUT2D eigenvalue weighted by molar-refractivity contribution is 7.90. The van der Waals surface area contributed by atoms with E-state index in [1.165, 1.54) is 11.3 Å². The minimum atomic E-state index is -3.42. The van der Waals surface area contributed by atoms with Gasteiger partial charge in [0.05, 0.1) is 15.1 Å². The van der Waals surface area contributed by atoms with Crippen LogP contribution < -0.4 is 5.73 Å². The number of nitrogens with zero attached hydrogens (tertiary/aromatic N) is 1. The summed E-state index contributed by atoms with van der Waals surface area (Å²) in [4.78, 5) is 4.70. The zero-order valence-corrected chi connectivity index (χ0v) is 13.0. The van der Waals surface area contributed by atoms with Gasteiger partial charge in [-0.05, 0) is 42.8 Å². The molecule has 3 aromatic rings. The Morgan fingerprint density at radius 1 is 1.19 bits per heavy atom. The molecule has 2 aromatic carbocycles. The lowest BCUT2D eigenvalue weighted by Gasteiger charge is -2.07. The molecule has 0 aliphatic rings. The summed E-state index contributed by atoms with van der Waals surface area (Å²) < 4.78 is 26.1. The Labute approximate surface area is 127 Å². The van der Waals surface area contributed by atoms with E-state index in [2.05, 4.69) is 4.98 Å². The molecule has 1 heterocycles. The van der Waals surface area contributed by atoms with E-state index in [1.54, 1.807) is 25.1 Å². The van der Waals surface area contributed by atoms with Crippen molar-refractivity contribution in [1.82, 2.24) is 4.98 Å². The van der Waals surface area contributed by atoms with Gasteiger partial charge in [0.15, 0.2) is 9.84 Å². The molecule has 0 aliphatic heterocycles. The molecule has 1 aromatic heterocycles. The molecule has 0 unspecified atom stereocenters. The Kier molecular flexibility index (Phi) is 3.43. The average molecular weight is 318 g/mol. The SMILES string of the molecule is Cc1cc(N)ccc1S(=O)(=O)Cc1nc2ccccc2s1. The number of rotatable bonds is 3. The summed E-state index contributed by atoms with van der Waals surface area (Å²) in [5.41, 5.74) is 7.73. The number of thiazole rings is 1. The van der Waals surface area contributed by atoms with Crippen molar-refractivity contribution in [3.05, 3.63) is 53.0 Å². The van der Waals surface area contributed by atoms with E-state index in [0.29, 0.717) is 21.2 Å². The van der Waals surface area contributed by atoms with Crippen molar-refractivity contribution in [3.63, 3.8) is 0 Å². The van der Waals surface area contributed by atoms with Crippen molar-refractivity contribution in [1.29, 1.82) is 0 Å². The minimum absolute atomic E-state index is 0.0862. The van der Waals surface area contributed by atoms with E-state index < -0.39 is 9.84 Å². The van der Waals surface area contributed by atoms with Crippen LogP contribution in [0.4, 0.5) is 5.69 Å². The van der Waals surface area contributed by atoms with Gasteiger partial charge < -0.3 is 5.73 Å². The third-order valence-corrected chi connectivity index (χ3v) is 6.19. The van der Waals surface area contributed by atoms with Crippen LogP contribution in [0.5, 0.6) is 0 Å². The highest BCUT2D eigenvalue weighted by Crippen LogP contribution is 2.27. The summed E-state index contributed by atoms with van der Waals surface area (Å²) in [6, 6.07) is 12.5. The van der Waals surface area contributed by atoms with Crippen LogP contribution in [0, 0.1) is 6.92 Å². The number of hydrogen-bond acceptors (Lipinski definition) is 5. The summed E-state index contributed by atoms with van der Waals surface area (Å²) in [5.74, 6) is -0.0862. The summed E-state index contributed by atoms with van der Waals surface area (Å²) in [6.45, 7) is 1.75. The molecule has 4 nitrogen and oxygen atoms in total. The standard InChI is InChI=1S/C15H14N2O2S2/c1-10-8-11(16)6-7-14(10)21(18,19)9-15-17-12-4-2-3-5-13(12)20-15/h2-8H,9,16H2,1H3. The Balaban J connectivity index is 1.99. The lowest BCUT2D eigenvalue weighted by molar-refractivity contribution is 0.594. The average Bonchev–Trinajstić information content (AvgIpc) is 2.79. The number of para-hydroxylation sites is 1. The van der Waals surface area contributed by atoms with E-state index in [0.717, 1.165) is 10.2 Å². The van der Waals surface area contributed by atoms with Gasteiger partial charge in [-0.25, -0.2) is 13.4 Å². The molecule has 0 spiro atoms.